The number of halogens is 4. The van der Waals surface area contributed by atoms with E-state index in [1.54, 1.807) is 24.3 Å². The van der Waals surface area contributed by atoms with E-state index in [4.69, 9.17) is 11.6 Å². The predicted octanol–water partition coefficient (Wildman–Crippen LogP) is 5.45. The second-order valence-corrected chi connectivity index (χ2v) is 7.21. The lowest BCUT2D eigenvalue weighted by atomic mass is 10.1. The summed E-state index contributed by atoms with van der Waals surface area (Å²) in [6, 6.07) is 10.7. The summed E-state index contributed by atoms with van der Waals surface area (Å²) in [5, 5.41) is 4.36. The van der Waals surface area contributed by atoms with Crippen LogP contribution < -0.4 is 5.32 Å². The molecule has 152 valence electrons. The molecule has 0 aliphatic rings. The van der Waals surface area contributed by atoms with Crippen molar-refractivity contribution in [2.75, 3.05) is 32.5 Å². The Morgan fingerprint density at radius 1 is 1.03 bits per heavy atom. The van der Waals surface area contributed by atoms with Gasteiger partial charge in [-0.15, -0.1) is 0 Å². The third-order valence-corrected chi connectivity index (χ3v) is 4.44. The molecular weight excluding hydrogens is 401 g/mol. The second-order valence-electron chi connectivity index (χ2n) is 6.78. The fourth-order valence-electron chi connectivity index (χ4n) is 2.68. The zero-order chi connectivity index (χ0) is 21.0. The van der Waals surface area contributed by atoms with Gasteiger partial charge in [-0.2, -0.15) is 13.2 Å². The molecule has 3 rings (SSSR count). The standard InChI is InChI=1S/C21H20ClF3N4/c1-29(2)12-11-26-20-17-9-6-15(21(23,24)25)13-18(17)27-19(28-20)10-5-14-3-7-16(22)8-4-14/h3-10,13H,11-12H2,1-2H3,(H,26,27,28)/b10-5+. The minimum atomic E-state index is -4.43. The Kier molecular flexibility index (Phi) is 6.39. The molecule has 2 aromatic carbocycles. The van der Waals surface area contributed by atoms with Crippen molar-refractivity contribution in [2.24, 2.45) is 0 Å². The van der Waals surface area contributed by atoms with Crippen LogP contribution in [0.3, 0.4) is 0 Å². The Morgan fingerprint density at radius 2 is 1.76 bits per heavy atom. The van der Waals surface area contributed by atoms with Gasteiger partial charge < -0.3 is 10.2 Å². The predicted molar refractivity (Wildman–Crippen MR) is 112 cm³/mol. The first kappa shape index (κ1) is 21.1. The molecule has 0 saturated heterocycles. The molecule has 0 atom stereocenters. The number of hydrogen-bond acceptors (Lipinski definition) is 4. The van der Waals surface area contributed by atoms with Crippen LogP contribution in [0.2, 0.25) is 5.02 Å². The highest BCUT2D eigenvalue weighted by molar-refractivity contribution is 6.30. The summed E-state index contributed by atoms with van der Waals surface area (Å²) in [6.45, 7) is 1.35. The Morgan fingerprint density at radius 3 is 2.41 bits per heavy atom. The van der Waals surface area contributed by atoms with Gasteiger partial charge in [0.1, 0.15) is 5.82 Å². The van der Waals surface area contributed by atoms with Crippen molar-refractivity contribution < 1.29 is 13.2 Å². The molecule has 0 saturated carbocycles. The van der Waals surface area contributed by atoms with Crippen molar-refractivity contribution in [2.45, 2.75) is 6.18 Å². The van der Waals surface area contributed by atoms with E-state index in [0.29, 0.717) is 28.6 Å². The van der Waals surface area contributed by atoms with Crippen molar-refractivity contribution in [3.8, 4) is 0 Å². The molecule has 8 heteroatoms. The highest BCUT2D eigenvalue weighted by Gasteiger charge is 2.30. The number of fused-ring (bicyclic) bond motifs is 1. The van der Waals surface area contributed by atoms with E-state index in [9.17, 15) is 13.2 Å². The quantitative estimate of drug-likeness (QED) is 0.576. The summed E-state index contributed by atoms with van der Waals surface area (Å²) in [4.78, 5) is 10.8. The topological polar surface area (TPSA) is 41.0 Å². The molecule has 0 radical (unpaired) electrons. The summed E-state index contributed by atoms with van der Waals surface area (Å²) in [5.41, 5.74) is 0.373. The number of anilines is 1. The van der Waals surface area contributed by atoms with Gasteiger partial charge in [0.2, 0.25) is 0 Å². The van der Waals surface area contributed by atoms with Crippen molar-refractivity contribution in [3.63, 3.8) is 0 Å². The number of nitrogens with zero attached hydrogens (tertiary/aromatic N) is 3. The number of alkyl halides is 3. The van der Waals surface area contributed by atoms with Gasteiger partial charge in [0.25, 0.3) is 0 Å². The molecule has 0 amide bonds. The van der Waals surface area contributed by atoms with E-state index in [-0.39, 0.29) is 5.52 Å². The number of rotatable bonds is 6. The number of aromatic nitrogens is 2. The van der Waals surface area contributed by atoms with Crippen LogP contribution in [0.4, 0.5) is 19.0 Å². The van der Waals surface area contributed by atoms with E-state index in [1.807, 2.05) is 31.1 Å². The summed E-state index contributed by atoms with van der Waals surface area (Å²) >= 11 is 5.88. The first-order valence-corrected chi connectivity index (χ1v) is 9.31. The van der Waals surface area contributed by atoms with Crippen molar-refractivity contribution in [1.29, 1.82) is 0 Å². The van der Waals surface area contributed by atoms with E-state index < -0.39 is 11.7 Å². The number of nitrogens with one attached hydrogen (secondary N) is 1. The molecule has 0 aliphatic carbocycles. The average molecular weight is 421 g/mol. The molecule has 0 spiro atoms. The summed E-state index contributed by atoms with van der Waals surface area (Å²) in [6.07, 6.45) is -0.980. The first-order valence-electron chi connectivity index (χ1n) is 8.93. The smallest absolute Gasteiger partial charge is 0.368 e. The molecule has 0 unspecified atom stereocenters. The van der Waals surface area contributed by atoms with Gasteiger partial charge >= 0.3 is 6.18 Å². The van der Waals surface area contributed by atoms with Crippen LogP contribution in [0.5, 0.6) is 0 Å². The van der Waals surface area contributed by atoms with Gasteiger partial charge in [0, 0.05) is 23.5 Å². The van der Waals surface area contributed by atoms with Crippen molar-refractivity contribution in [1.82, 2.24) is 14.9 Å². The minimum absolute atomic E-state index is 0.234. The normalized spacial score (nSPS) is 12.2. The third-order valence-electron chi connectivity index (χ3n) is 4.19. The maximum Gasteiger partial charge on any atom is 0.416 e. The number of likely N-dealkylation sites (N-methyl/N-ethyl adjacent to an activating group) is 1. The van der Waals surface area contributed by atoms with Crippen LogP contribution in [0, 0.1) is 0 Å². The van der Waals surface area contributed by atoms with E-state index in [0.717, 1.165) is 24.2 Å². The van der Waals surface area contributed by atoms with E-state index in [1.165, 1.54) is 6.07 Å². The number of benzene rings is 2. The second kappa shape index (κ2) is 8.80. The van der Waals surface area contributed by atoms with Crippen molar-refractivity contribution in [3.05, 3.63) is 64.4 Å². The fraction of sp³-hybridized carbons (Fsp3) is 0.238. The first-order chi connectivity index (χ1) is 13.7. The zero-order valence-electron chi connectivity index (χ0n) is 16.0. The Balaban J connectivity index is 2.00. The van der Waals surface area contributed by atoms with Crippen LogP contribution in [-0.2, 0) is 6.18 Å². The maximum atomic E-state index is 13.1. The van der Waals surface area contributed by atoms with Gasteiger partial charge in [0.15, 0.2) is 5.82 Å². The van der Waals surface area contributed by atoms with Gasteiger partial charge in [-0.25, -0.2) is 9.97 Å². The van der Waals surface area contributed by atoms with Gasteiger partial charge in [-0.1, -0.05) is 29.8 Å². The van der Waals surface area contributed by atoms with Crippen LogP contribution in [0.1, 0.15) is 17.0 Å². The lowest BCUT2D eigenvalue weighted by Gasteiger charge is -2.14. The molecular formula is C21H20ClF3N4. The molecule has 0 fully saturated rings. The monoisotopic (exact) mass is 420 g/mol. The van der Waals surface area contributed by atoms with Gasteiger partial charge in [-0.05, 0) is 56.1 Å². The molecule has 0 bridgehead atoms. The summed E-state index contributed by atoms with van der Waals surface area (Å²) < 4.78 is 39.4. The molecule has 3 aromatic rings. The minimum Gasteiger partial charge on any atom is -0.368 e. The molecule has 29 heavy (non-hydrogen) atoms. The van der Waals surface area contributed by atoms with E-state index in [2.05, 4.69) is 15.3 Å². The average Bonchev–Trinajstić information content (AvgIpc) is 2.66. The SMILES string of the molecule is CN(C)CCNc1nc(/C=C/c2ccc(Cl)cc2)nc2cc(C(F)(F)F)ccc12. The van der Waals surface area contributed by atoms with Gasteiger partial charge in [0.05, 0.1) is 11.1 Å². The summed E-state index contributed by atoms with van der Waals surface area (Å²) in [7, 11) is 3.88. The molecule has 4 nitrogen and oxygen atoms in total. The lowest BCUT2D eigenvalue weighted by Crippen LogP contribution is -2.21. The van der Waals surface area contributed by atoms with Crippen LogP contribution in [0.25, 0.3) is 23.1 Å². The molecule has 1 N–H and O–H groups in total. The number of hydrogen-bond donors (Lipinski definition) is 1. The maximum absolute atomic E-state index is 13.1. The lowest BCUT2D eigenvalue weighted by molar-refractivity contribution is -0.137. The molecule has 1 aromatic heterocycles. The Labute approximate surface area is 172 Å². The largest absolute Gasteiger partial charge is 0.416 e. The fourth-order valence-corrected chi connectivity index (χ4v) is 2.80. The third kappa shape index (κ3) is 5.68. The Hall–Kier alpha value is -2.64. The van der Waals surface area contributed by atoms with Gasteiger partial charge in [-0.3, -0.25) is 0 Å². The highest BCUT2D eigenvalue weighted by Crippen LogP contribution is 2.32. The Bertz CT molecular complexity index is 1010. The molecule has 0 aliphatic heterocycles. The van der Waals surface area contributed by atoms with Crippen LogP contribution in [0.15, 0.2) is 42.5 Å². The van der Waals surface area contributed by atoms with Crippen LogP contribution >= 0.6 is 11.6 Å². The van der Waals surface area contributed by atoms with Crippen molar-refractivity contribution >= 4 is 40.5 Å². The summed E-state index contributed by atoms with van der Waals surface area (Å²) in [5.74, 6) is 0.820. The van der Waals surface area contributed by atoms with E-state index >= 15 is 0 Å². The van der Waals surface area contributed by atoms with Crippen LogP contribution in [-0.4, -0.2) is 42.1 Å². The zero-order valence-corrected chi connectivity index (χ0v) is 16.7. The highest BCUT2D eigenvalue weighted by atomic mass is 35.5. The molecule has 1 heterocycles.